The Morgan fingerprint density at radius 3 is 2.43 bits per heavy atom. The zero-order valence-electron chi connectivity index (χ0n) is 16.8. The number of hydrogen-bond acceptors (Lipinski definition) is 5. The maximum absolute atomic E-state index is 12.3. The number of carbonyl (C=O) groups is 2. The summed E-state index contributed by atoms with van der Waals surface area (Å²) in [5.41, 5.74) is 2.13. The molecule has 1 aromatic rings. The van der Waals surface area contributed by atoms with Crippen LogP contribution in [0.15, 0.2) is 48.6 Å². The van der Waals surface area contributed by atoms with Crippen molar-refractivity contribution in [1.29, 1.82) is 0 Å². The van der Waals surface area contributed by atoms with Gasteiger partial charge < -0.3 is 10.1 Å². The molecule has 7 nitrogen and oxygen atoms in total. The predicted octanol–water partition coefficient (Wildman–Crippen LogP) is 2.09. The summed E-state index contributed by atoms with van der Waals surface area (Å²) in [6.45, 7) is 3.54. The first-order chi connectivity index (χ1) is 13.4. The van der Waals surface area contributed by atoms with Gasteiger partial charge in [-0.2, -0.15) is 0 Å². The minimum absolute atomic E-state index is 0.238. The Morgan fingerprint density at radius 2 is 1.86 bits per heavy atom. The molecule has 1 aromatic carbocycles. The van der Waals surface area contributed by atoms with Gasteiger partial charge in [0.25, 0.3) is 5.91 Å². The number of epoxide rings is 1. The molecule has 7 heteroatoms. The number of allylic oxidation sites excluding steroid dienone is 4. The SMILES string of the molecule is CC/C=C\C=C/Cc1ccc(C2OC2N(C)C(C)(C(=O)NC)C(=O)NO)cc1. The van der Waals surface area contributed by atoms with Gasteiger partial charge in [0.15, 0.2) is 5.54 Å². The van der Waals surface area contributed by atoms with Crippen molar-refractivity contribution in [2.45, 2.75) is 44.6 Å². The minimum atomic E-state index is -1.60. The maximum Gasteiger partial charge on any atom is 0.273 e. The van der Waals surface area contributed by atoms with E-state index in [1.54, 1.807) is 12.5 Å². The fourth-order valence-corrected chi connectivity index (χ4v) is 3.01. The molecule has 2 rings (SSSR count). The summed E-state index contributed by atoms with van der Waals surface area (Å²) in [7, 11) is 3.06. The molecular weight excluding hydrogens is 358 g/mol. The molecule has 3 atom stereocenters. The molecular formula is C21H29N3O4. The summed E-state index contributed by atoms with van der Waals surface area (Å²) < 4.78 is 5.73. The molecule has 0 radical (unpaired) electrons. The fourth-order valence-electron chi connectivity index (χ4n) is 3.01. The monoisotopic (exact) mass is 387 g/mol. The normalized spacial score (nSPS) is 21.1. The lowest BCUT2D eigenvalue weighted by Crippen LogP contribution is -2.63. The van der Waals surface area contributed by atoms with Crippen molar-refractivity contribution in [2.24, 2.45) is 0 Å². The Kier molecular flexibility index (Phi) is 7.51. The van der Waals surface area contributed by atoms with Gasteiger partial charge in [-0.05, 0) is 37.9 Å². The summed E-state index contributed by atoms with van der Waals surface area (Å²) in [6, 6.07) is 8.07. The van der Waals surface area contributed by atoms with Crippen LogP contribution >= 0.6 is 0 Å². The van der Waals surface area contributed by atoms with E-state index in [0.29, 0.717) is 0 Å². The molecule has 0 aromatic heterocycles. The average Bonchev–Trinajstić information content (AvgIpc) is 3.52. The predicted molar refractivity (Wildman–Crippen MR) is 106 cm³/mol. The van der Waals surface area contributed by atoms with E-state index in [-0.39, 0.29) is 6.10 Å². The number of benzene rings is 1. The average molecular weight is 387 g/mol. The smallest absolute Gasteiger partial charge is 0.273 e. The zero-order valence-corrected chi connectivity index (χ0v) is 16.8. The number of nitrogens with one attached hydrogen (secondary N) is 2. The molecule has 1 heterocycles. The zero-order chi connectivity index (χ0) is 20.7. The number of amides is 2. The Morgan fingerprint density at radius 1 is 1.21 bits per heavy atom. The summed E-state index contributed by atoms with van der Waals surface area (Å²) in [4.78, 5) is 25.9. The molecule has 0 spiro atoms. The first-order valence-electron chi connectivity index (χ1n) is 9.35. The van der Waals surface area contributed by atoms with E-state index in [9.17, 15) is 9.59 Å². The number of ether oxygens (including phenoxy) is 1. The highest BCUT2D eigenvalue weighted by Gasteiger charge is 2.55. The Labute approximate surface area is 166 Å². The van der Waals surface area contributed by atoms with E-state index in [2.05, 4.69) is 24.4 Å². The van der Waals surface area contributed by atoms with E-state index in [1.807, 2.05) is 36.4 Å². The van der Waals surface area contributed by atoms with Gasteiger partial charge in [0.05, 0.1) is 0 Å². The Bertz CT molecular complexity index is 727. The van der Waals surface area contributed by atoms with Gasteiger partial charge in [0, 0.05) is 7.05 Å². The van der Waals surface area contributed by atoms with E-state index >= 15 is 0 Å². The van der Waals surface area contributed by atoms with Crippen molar-refractivity contribution >= 4 is 11.8 Å². The number of carbonyl (C=O) groups excluding carboxylic acids is 2. The number of hydrogen-bond donors (Lipinski definition) is 3. The third kappa shape index (κ3) is 4.67. The first-order valence-corrected chi connectivity index (χ1v) is 9.35. The van der Waals surface area contributed by atoms with Crippen LogP contribution in [0, 0.1) is 0 Å². The van der Waals surface area contributed by atoms with E-state index in [4.69, 9.17) is 9.94 Å². The molecule has 3 N–H and O–H groups in total. The second-order valence-corrected chi connectivity index (χ2v) is 6.86. The van der Waals surface area contributed by atoms with Crippen molar-refractivity contribution in [3.05, 3.63) is 59.7 Å². The van der Waals surface area contributed by atoms with Gasteiger partial charge in [-0.3, -0.25) is 19.7 Å². The summed E-state index contributed by atoms with van der Waals surface area (Å²) in [5.74, 6) is -1.35. The molecule has 152 valence electrons. The molecule has 1 saturated heterocycles. The highest BCUT2D eigenvalue weighted by atomic mass is 16.6. The quantitative estimate of drug-likeness (QED) is 0.198. The molecule has 2 amide bonds. The molecule has 1 aliphatic heterocycles. The molecule has 0 saturated carbocycles. The van der Waals surface area contributed by atoms with Crippen LogP contribution in [0.3, 0.4) is 0 Å². The van der Waals surface area contributed by atoms with E-state index < -0.39 is 23.6 Å². The summed E-state index contributed by atoms with van der Waals surface area (Å²) in [5, 5.41) is 11.5. The molecule has 0 bridgehead atoms. The van der Waals surface area contributed by atoms with Crippen molar-refractivity contribution in [3.63, 3.8) is 0 Å². The van der Waals surface area contributed by atoms with Gasteiger partial charge >= 0.3 is 0 Å². The standard InChI is InChI=1S/C21H29N3O4/c1-5-6-7-8-9-10-15-11-13-16(14-12-15)17-18(28-17)24(4)21(2,19(25)22-3)20(26)23-27/h6-9,11-14,17-18,27H,5,10H2,1-4H3,(H,22,25)(H,23,26)/b7-6-,9-8-. The fraction of sp³-hybridized carbons (Fsp3) is 0.429. The van der Waals surface area contributed by atoms with Gasteiger partial charge in [-0.15, -0.1) is 0 Å². The van der Waals surface area contributed by atoms with Gasteiger partial charge in [-0.25, -0.2) is 5.48 Å². The van der Waals surface area contributed by atoms with E-state index in [1.165, 1.54) is 24.4 Å². The Hall–Kier alpha value is -2.48. The van der Waals surface area contributed by atoms with Crippen molar-refractivity contribution in [3.8, 4) is 0 Å². The largest absolute Gasteiger partial charge is 0.357 e. The molecule has 1 aliphatic rings. The Balaban J connectivity index is 2.03. The molecule has 1 fully saturated rings. The molecule has 28 heavy (non-hydrogen) atoms. The lowest BCUT2D eigenvalue weighted by molar-refractivity contribution is -0.151. The maximum atomic E-state index is 12.3. The van der Waals surface area contributed by atoms with E-state index in [0.717, 1.165) is 18.4 Å². The lowest BCUT2D eigenvalue weighted by atomic mass is 9.97. The van der Waals surface area contributed by atoms with Crippen LogP contribution in [0.4, 0.5) is 0 Å². The molecule has 3 unspecified atom stereocenters. The van der Waals surface area contributed by atoms with Crippen LogP contribution in [0.25, 0.3) is 0 Å². The number of likely N-dealkylation sites (N-methyl/N-ethyl adjacent to an activating group) is 2. The second kappa shape index (κ2) is 9.64. The van der Waals surface area contributed by atoms with Gasteiger partial charge in [0.2, 0.25) is 5.91 Å². The highest BCUT2D eigenvalue weighted by molar-refractivity contribution is 6.08. The third-order valence-corrected chi connectivity index (χ3v) is 5.05. The number of nitrogens with zero attached hydrogens (tertiary/aromatic N) is 1. The number of hydroxylamine groups is 1. The van der Waals surface area contributed by atoms with Crippen LogP contribution in [-0.4, -0.2) is 47.8 Å². The molecule has 0 aliphatic carbocycles. The second-order valence-electron chi connectivity index (χ2n) is 6.86. The summed E-state index contributed by atoms with van der Waals surface area (Å²) in [6.07, 6.45) is 9.47. The van der Waals surface area contributed by atoms with Gasteiger partial charge in [0.1, 0.15) is 12.3 Å². The van der Waals surface area contributed by atoms with Crippen molar-refractivity contribution in [1.82, 2.24) is 15.7 Å². The van der Waals surface area contributed by atoms with Crippen LogP contribution in [0.1, 0.15) is 37.5 Å². The van der Waals surface area contributed by atoms with Gasteiger partial charge in [-0.1, -0.05) is 55.5 Å². The highest BCUT2D eigenvalue weighted by Crippen LogP contribution is 2.43. The van der Waals surface area contributed by atoms with Crippen LogP contribution in [0.5, 0.6) is 0 Å². The van der Waals surface area contributed by atoms with Crippen molar-refractivity contribution in [2.75, 3.05) is 14.1 Å². The first kappa shape index (κ1) is 21.8. The van der Waals surface area contributed by atoms with Crippen LogP contribution < -0.4 is 10.8 Å². The third-order valence-electron chi connectivity index (χ3n) is 5.05. The minimum Gasteiger partial charge on any atom is -0.357 e. The topological polar surface area (TPSA) is 94.2 Å². The van der Waals surface area contributed by atoms with Crippen LogP contribution in [0.2, 0.25) is 0 Å². The summed E-state index contributed by atoms with van der Waals surface area (Å²) >= 11 is 0. The van der Waals surface area contributed by atoms with Crippen LogP contribution in [-0.2, 0) is 20.7 Å². The van der Waals surface area contributed by atoms with Crippen molar-refractivity contribution < 1.29 is 19.5 Å². The number of rotatable bonds is 9. The lowest BCUT2D eigenvalue weighted by Gasteiger charge is -2.33.